The molecule has 1 aliphatic carbocycles. The molecule has 54 valence electrons. The predicted octanol–water partition coefficient (Wildman–Crippen LogP) is 1.48. The van der Waals surface area contributed by atoms with E-state index in [1.807, 2.05) is 0 Å². The Bertz CT molecular complexity index is 174. The monoisotopic (exact) mass is 136 g/mol. The molecule has 0 saturated heterocycles. The normalized spacial score (nSPS) is 19.8. The second kappa shape index (κ2) is 3.43. The van der Waals surface area contributed by atoms with Gasteiger partial charge in [-0.15, -0.1) is 12.3 Å². The lowest BCUT2D eigenvalue weighted by Crippen LogP contribution is -2.06. The molecule has 0 fully saturated rings. The van der Waals surface area contributed by atoms with Crippen molar-refractivity contribution in [2.24, 2.45) is 0 Å². The molecule has 0 aromatic rings. The Labute approximate surface area is 61.8 Å². The first kappa shape index (κ1) is 7.37. The summed E-state index contributed by atoms with van der Waals surface area (Å²) in [6.07, 6.45) is 10.6. The van der Waals surface area contributed by atoms with Gasteiger partial charge in [-0.3, -0.25) is 0 Å². The molecule has 1 N–H and O–H groups in total. The molecule has 0 radical (unpaired) electrons. The number of hydrogen-bond acceptors (Lipinski definition) is 1. The molecule has 0 aliphatic heterocycles. The molecule has 1 nitrogen and oxygen atoms in total. The van der Waals surface area contributed by atoms with E-state index in [4.69, 9.17) is 6.42 Å². The van der Waals surface area contributed by atoms with Crippen molar-refractivity contribution < 1.29 is 5.11 Å². The molecule has 0 bridgehead atoms. The van der Waals surface area contributed by atoms with Crippen LogP contribution in [0.3, 0.4) is 0 Å². The zero-order valence-electron chi connectivity index (χ0n) is 6.01. The molecule has 1 rings (SSSR count). The van der Waals surface area contributed by atoms with Crippen LogP contribution in [-0.4, -0.2) is 11.2 Å². The predicted molar refractivity (Wildman–Crippen MR) is 41.4 cm³/mol. The summed E-state index contributed by atoms with van der Waals surface area (Å²) in [5.41, 5.74) is 1.14. The molecule has 1 heteroatoms. The van der Waals surface area contributed by atoms with Gasteiger partial charge in [-0.2, -0.15) is 0 Å². The van der Waals surface area contributed by atoms with Gasteiger partial charge >= 0.3 is 0 Å². The van der Waals surface area contributed by atoms with Crippen LogP contribution in [0.15, 0.2) is 11.6 Å². The van der Waals surface area contributed by atoms with Gasteiger partial charge in [-0.05, 0) is 24.8 Å². The molecule has 0 amide bonds. The van der Waals surface area contributed by atoms with Crippen molar-refractivity contribution in [1.82, 2.24) is 0 Å². The summed E-state index contributed by atoms with van der Waals surface area (Å²) >= 11 is 0. The average Bonchev–Trinajstić information content (AvgIpc) is 2.38. The maximum atomic E-state index is 9.34. The largest absolute Gasteiger partial charge is 0.388 e. The van der Waals surface area contributed by atoms with E-state index in [2.05, 4.69) is 12.0 Å². The van der Waals surface area contributed by atoms with Gasteiger partial charge < -0.3 is 5.11 Å². The van der Waals surface area contributed by atoms with E-state index < -0.39 is 0 Å². The van der Waals surface area contributed by atoms with E-state index in [-0.39, 0.29) is 6.10 Å². The lowest BCUT2D eigenvalue weighted by molar-refractivity contribution is 0.214. The molecule has 1 unspecified atom stereocenters. The van der Waals surface area contributed by atoms with Crippen molar-refractivity contribution >= 4 is 0 Å². The van der Waals surface area contributed by atoms with Gasteiger partial charge in [-0.1, -0.05) is 6.08 Å². The minimum absolute atomic E-state index is 0.368. The summed E-state index contributed by atoms with van der Waals surface area (Å²) in [5.74, 6) is 2.45. The number of hydrogen-bond donors (Lipinski definition) is 1. The zero-order chi connectivity index (χ0) is 7.40. The summed E-state index contributed by atoms with van der Waals surface area (Å²) < 4.78 is 0. The van der Waals surface area contributed by atoms with Crippen molar-refractivity contribution in [3.8, 4) is 12.3 Å². The minimum atomic E-state index is -0.368. The first-order valence-corrected chi connectivity index (χ1v) is 3.65. The Kier molecular flexibility index (Phi) is 2.53. The van der Waals surface area contributed by atoms with Crippen LogP contribution in [-0.2, 0) is 0 Å². The van der Waals surface area contributed by atoms with Gasteiger partial charge in [0.2, 0.25) is 0 Å². The van der Waals surface area contributed by atoms with Gasteiger partial charge in [0, 0.05) is 6.42 Å². The summed E-state index contributed by atoms with van der Waals surface area (Å²) in [7, 11) is 0. The van der Waals surface area contributed by atoms with Crippen molar-refractivity contribution in [3.05, 3.63) is 11.6 Å². The highest BCUT2D eigenvalue weighted by Gasteiger charge is 2.12. The summed E-state index contributed by atoms with van der Waals surface area (Å²) in [6.45, 7) is 0. The second-order valence-corrected chi connectivity index (χ2v) is 2.60. The summed E-state index contributed by atoms with van der Waals surface area (Å²) in [4.78, 5) is 0. The van der Waals surface area contributed by atoms with Crippen molar-refractivity contribution in [3.63, 3.8) is 0 Å². The van der Waals surface area contributed by atoms with Crippen LogP contribution >= 0.6 is 0 Å². The van der Waals surface area contributed by atoms with Crippen LogP contribution in [0.2, 0.25) is 0 Å². The van der Waals surface area contributed by atoms with Crippen LogP contribution in [0.5, 0.6) is 0 Å². The fraction of sp³-hybridized carbons (Fsp3) is 0.556. The second-order valence-electron chi connectivity index (χ2n) is 2.60. The van der Waals surface area contributed by atoms with E-state index in [0.29, 0.717) is 6.42 Å². The lowest BCUT2D eigenvalue weighted by Gasteiger charge is -2.06. The summed E-state index contributed by atoms with van der Waals surface area (Å²) in [6, 6.07) is 0. The molecule has 0 saturated carbocycles. The number of allylic oxidation sites excluding steroid dienone is 1. The Morgan fingerprint density at radius 3 is 3.10 bits per heavy atom. The van der Waals surface area contributed by atoms with Crippen LogP contribution in [0.4, 0.5) is 0 Å². The SMILES string of the molecule is C#CCC(O)C1=CCCC1. The smallest absolute Gasteiger partial charge is 0.0859 e. The molecule has 10 heavy (non-hydrogen) atoms. The average molecular weight is 136 g/mol. The first-order valence-electron chi connectivity index (χ1n) is 3.65. The maximum absolute atomic E-state index is 9.34. The Morgan fingerprint density at radius 1 is 1.80 bits per heavy atom. The zero-order valence-corrected chi connectivity index (χ0v) is 6.01. The van der Waals surface area contributed by atoms with Crippen LogP contribution < -0.4 is 0 Å². The summed E-state index contributed by atoms with van der Waals surface area (Å²) in [5, 5.41) is 9.34. The van der Waals surface area contributed by atoms with E-state index in [9.17, 15) is 5.11 Å². The first-order chi connectivity index (χ1) is 4.84. The highest BCUT2D eigenvalue weighted by molar-refractivity contribution is 5.14. The molecule has 1 aliphatic rings. The van der Waals surface area contributed by atoms with E-state index in [1.165, 1.54) is 6.42 Å². The van der Waals surface area contributed by atoms with Gasteiger partial charge in [0.25, 0.3) is 0 Å². The van der Waals surface area contributed by atoms with Gasteiger partial charge in [-0.25, -0.2) is 0 Å². The minimum Gasteiger partial charge on any atom is -0.388 e. The molecular formula is C9H12O. The van der Waals surface area contributed by atoms with Crippen LogP contribution in [0, 0.1) is 12.3 Å². The van der Waals surface area contributed by atoms with Crippen molar-refractivity contribution in [2.75, 3.05) is 0 Å². The van der Waals surface area contributed by atoms with Crippen LogP contribution in [0.1, 0.15) is 25.7 Å². The highest BCUT2D eigenvalue weighted by atomic mass is 16.3. The van der Waals surface area contributed by atoms with Gasteiger partial charge in [0.15, 0.2) is 0 Å². The Balaban J connectivity index is 2.41. The maximum Gasteiger partial charge on any atom is 0.0859 e. The topological polar surface area (TPSA) is 20.2 Å². The Morgan fingerprint density at radius 2 is 2.60 bits per heavy atom. The van der Waals surface area contributed by atoms with Gasteiger partial charge in [0.05, 0.1) is 6.10 Å². The van der Waals surface area contributed by atoms with Crippen molar-refractivity contribution in [2.45, 2.75) is 31.8 Å². The third-order valence-corrected chi connectivity index (χ3v) is 1.82. The quantitative estimate of drug-likeness (QED) is 0.450. The van der Waals surface area contributed by atoms with Gasteiger partial charge in [0.1, 0.15) is 0 Å². The highest BCUT2D eigenvalue weighted by Crippen LogP contribution is 2.21. The standard InChI is InChI=1S/C9H12O/c1-2-5-9(10)8-6-3-4-7-8/h1,6,9-10H,3-5,7H2. The molecule has 1 atom stereocenters. The number of rotatable bonds is 2. The number of aliphatic hydroxyl groups is 1. The molecule has 0 heterocycles. The Hall–Kier alpha value is -0.740. The number of terminal acetylenes is 1. The fourth-order valence-corrected chi connectivity index (χ4v) is 1.24. The fourth-order valence-electron chi connectivity index (χ4n) is 1.24. The third-order valence-electron chi connectivity index (χ3n) is 1.82. The molecular weight excluding hydrogens is 124 g/mol. The van der Waals surface area contributed by atoms with E-state index in [0.717, 1.165) is 18.4 Å². The van der Waals surface area contributed by atoms with E-state index in [1.54, 1.807) is 0 Å². The molecule has 0 aromatic heterocycles. The molecule has 0 spiro atoms. The lowest BCUT2D eigenvalue weighted by atomic mass is 10.1. The molecule has 0 aromatic carbocycles. The number of aliphatic hydroxyl groups excluding tert-OH is 1. The third kappa shape index (κ3) is 1.62. The van der Waals surface area contributed by atoms with E-state index >= 15 is 0 Å². The van der Waals surface area contributed by atoms with Crippen molar-refractivity contribution in [1.29, 1.82) is 0 Å². The van der Waals surface area contributed by atoms with Crippen LogP contribution in [0.25, 0.3) is 0 Å².